The van der Waals surface area contributed by atoms with Crippen molar-refractivity contribution >= 4 is 22.6 Å². The Balaban J connectivity index is 2.26. The molecular formula is C14H14N4O2. The summed E-state index contributed by atoms with van der Waals surface area (Å²) in [5.41, 5.74) is 5.66. The number of ether oxygens (including phenoxy) is 1. The van der Waals surface area contributed by atoms with E-state index >= 15 is 0 Å². The van der Waals surface area contributed by atoms with E-state index in [0.717, 1.165) is 10.8 Å². The number of nitrogens with two attached hydrogens (primary N) is 1. The number of carbonyl (C=O) groups is 1. The number of aromatic nitrogens is 1. The molecule has 1 amide bonds. The van der Waals surface area contributed by atoms with Crippen LogP contribution in [0.25, 0.3) is 10.8 Å². The minimum Gasteiger partial charge on any atom is -0.443 e. The number of fused-ring (bicyclic) bond motifs is 1. The zero-order valence-corrected chi connectivity index (χ0v) is 10.9. The molecule has 0 fully saturated rings. The summed E-state index contributed by atoms with van der Waals surface area (Å²) in [7, 11) is 0. The molecule has 1 heterocycles. The van der Waals surface area contributed by atoms with E-state index in [0.29, 0.717) is 5.69 Å². The molecule has 1 aromatic carbocycles. The number of primary amides is 1. The van der Waals surface area contributed by atoms with Crippen LogP contribution >= 0.6 is 0 Å². The first-order valence-electron chi connectivity index (χ1n) is 6.07. The number of nitrogens with one attached hydrogen (secondary N) is 1. The van der Waals surface area contributed by atoms with Crippen molar-refractivity contribution in [2.75, 3.05) is 5.32 Å². The summed E-state index contributed by atoms with van der Waals surface area (Å²) in [5.74, 6) is 0. The van der Waals surface area contributed by atoms with E-state index in [4.69, 9.17) is 10.5 Å². The second-order valence-electron chi connectivity index (χ2n) is 4.30. The van der Waals surface area contributed by atoms with E-state index in [2.05, 4.69) is 10.3 Å². The fraction of sp³-hybridized carbons (Fsp3) is 0.214. The van der Waals surface area contributed by atoms with Crippen LogP contribution in [0.4, 0.5) is 10.5 Å². The Morgan fingerprint density at radius 2 is 2.20 bits per heavy atom. The Kier molecular flexibility index (Phi) is 4.01. The van der Waals surface area contributed by atoms with Gasteiger partial charge in [-0.25, -0.2) is 4.79 Å². The molecule has 0 aliphatic rings. The number of benzene rings is 1. The number of amides is 1. The molecule has 0 aliphatic heterocycles. The molecule has 6 nitrogen and oxygen atoms in total. The SMILES string of the molecule is CC(OC(N)=O)C(C#N)Nc1cncc2ccccc12. The first-order chi connectivity index (χ1) is 9.61. The maximum absolute atomic E-state index is 10.7. The van der Waals surface area contributed by atoms with Crippen molar-refractivity contribution in [2.45, 2.75) is 19.1 Å². The van der Waals surface area contributed by atoms with Crippen LogP contribution in [-0.4, -0.2) is 23.2 Å². The molecule has 0 saturated heterocycles. The van der Waals surface area contributed by atoms with Crippen molar-refractivity contribution in [3.63, 3.8) is 0 Å². The first kappa shape index (κ1) is 13.6. The average molecular weight is 270 g/mol. The Morgan fingerprint density at radius 1 is 1.45 bits per heavy atom. The highest BCUT2D eigenvalue weighted by atomic mass is 16.6. The van der Waals surface area contributed by atoms with Gasteiger partial charge in [0, 0.05) is 17.0 Å². The Labute approximate surface area is 116 Å². The molecule has 1 aromatic heterocycles. The normalized spacial score (nSPS) is 13.2. The molecule has 0 radical (unpaired) electrons. The zero-order chi connectivity index (χ0) is 14.5. The van der Waals surface area contributed by atoms with Crippen LogP contribution in [0.15, 0.2) is 36.7 Å². The highest BCUT2D eigenvalue weighted by Gasteiger charge is 2.20. The molecule has 3 N–H and O–H groups in total. The van der Waals surface area contributed by atoms with Gasteiger partial charge in [0.2, 0.25) is 0 Å². The minimum atomic E-state index is -0.907. The van der Waals surface area contributed by atoms with E-state index in [1.54, 1.807) is 19.3 Å². The molecule has 0 aliphatic carbocycles. The predicted molar refractivity (Wildman–Crippen MR) is 74.9 cm³/mol. The summed E-state index contributed by atoms with van der Waals surface area (Å²) < 4.78 is 4.82. The maximum Gasteiger partial charge on any atom is 0.404 e. The molecule has 20 heavy (non-hydrogen) atoms. The fourth-order valence-corrected chi connectivity index (χ4v) is 1.90. The van der Waals surface area contributed by atoms with Gasteiger partial charge in [-0.2, -0.15) is 5.26 Å². The topological polar surface area (TPSA) is 101 Å². The van der Waals surface area contributed by atoms with E-state index in [1.165, 1.54) is 0 Å². The van der Waals surface area contributed by atoms with Crippen LogP contribution in [0.2, 0.25) is 0 Å². The summed E-state index contributed by atoms with van der Waals surface area (Å²) in [5, 5.41) is 14.1. The third-order valence-corrected chi connectivity index (χ3v) is 2.89. The largest absolute Gasteiger partial charge is 0.443 e. The summed E-state index contributed by atoms with van der Waals surface area (Å²) in [6.45, 7) is 1.60. The quantitative estimate of drug-likeness (QED) is 0.885. The zero-order valence-electron chi connectivity index (χ0n) is 10.9. The number of rotatable bonds is 4. The van der Waals surface area contributed by atoms with E-state index in [1.807, 2.05) is 30.3 Å². The van der Waals surface area contributed by atoms with Crippen LogP contribution in [0.5, 0.6) is 0 Å². The van der Waals surface area contributed by atoms with Gasteiger partial charge in [0.15, 0.2) is 6.04 Å². The Bertz CT molecular complexity index is 660. The van der Waals surface area contributed by atoms with Gasteiger partial charge in [-0.1, -0.05) is 24.3 Å². The minimum absolute atomic E-state index is 0.670. The molecule has 2 aromatic rings. The Morgan fingerprint density at radius 3 is 2.90 bits per heavy atom. The lowest BCUT2D eigenvalue weighted by Gasteiger charge is -2.20. The van der Waals surface area contributed by atoms with Crippen LogP contribution in [0.1, 0.15) is 6.92 Å². The van der Waals surface area contributed by atoms with Gasteiger partial charge >= 0.3 is 6.09 Å². The highest BCUT2D eigenvalue weighted by molar-refractivity contribution is 5.92. The predicted octanol–water partition coefficient (Wildman–Crippen LogP) is 2.02. The number of nitriles is 1. The molecule has 0 bridgehead atoms. The lowest BCUT2D eigenvalue weighted by atomic mass is 10.1. The molecule has 2 rings (SSSR count). The van der Waals surface area contributed by atoms with E-state index in [-0.39, 0.29) is 0 Å². The van der Waals surface area contributed by atoms with Crippen molar-refractivity contribution in [2.24, 2.45) is 5.73 Å². The van der Waals surface area contributed by atoms with Crippen molar-refractivity contribution in [1.29, 1.82) is 5.26 Å². The second kappa shape index (κ2) is 5.89. The van der Waals surface area contributed by atoms with Crippen LogP contribution in [0.3, 0.4) is 0 Å². The second-order valence-corrected chi connectivity index (χ2v) is 4.30. The molecule has 0 spiro atoms. The summed E-state index contributed by atoms with van der Waals surface area (Å²) in [6, 6.07) is 9.00. The van der Waals surface area contributed by atoms with E-state index < -0.39 is 18.2 Å². The third-order valence-electron chi connectivity index (χ3n) is 2.89. The number of hydrogen-bond donors (Lipinski definition) is 2. The van der Waals surface area contributed by atoms with E-state index in [9.17, 15) is 10.1 Å². The smallest absolute Gasteiger partial charge is 0.404 e. The van der Waals surface area contributed by atoms with Crippen LogP contribution in [-0.2, 0) is 4.74 Å². The standard InChI is InChI=1S/C14H14N4O2/c1-9(20-14(16)19)12(6-15)18-13-8-17-7-10-4-2-3-5-11(10)13/h2-5,7-9,12,18H,1H3,(H2,16,19). The third kappa shape index (κ3) is 2.95. The first-order valence-corrected chi connectivity index (χ1v) is 6.07. The molecule has 2 unspecified atom stereocenters. The van der Waals surface area contributed by atoms with Gasteiger partial charge in [-0.3, -0.25) is 4.98 Å². The number of anilines is 1. The van der Waals surface area contributed by atoms with Crippen LogP contribution in [0, 0.1) is 11.3 Å². The summed E-state index contributed by atoms with van der Waals surface area (Å²) in [4.78, 5) is 14.9. The number of hydrogen-bond acceptors (Lipinski definition) is 5. The number of carbonyl (C=O) groups excluding carboxylic acids is 1. The van der Waals surface area contributed by atoms with Gasteiger partial charge in [-0.15, -0.1) is 0 Å². The molecule has 0 saturated carbocycles. The molecular weight excluding hydrogens is 256 g/mol. The van der Waals surface area contributed by atoms with Gasteiger partial charge < -0.3 is 15.8 Å². The molecule has 6 heteroatoms. The lowest BCUT2D eigenvalue weighted by molar-refractivity contribution is 0.113. The monoisotopic (exact) mass is 270 g/mol. The Hall–Kier alpha value is -2.81. The van der Waals surface area contributed by atoms with Crippen molar-refractivity contribution in [1.82, 2.24) is 4.98 Å². The maximum atomic E-state index is 10.7. The number of nitrogens with zero attached hydrogens (tertiary/aromatic N) is 2. The summed E-state index contributed by atoms with van der Waals surface area (Å²) in [6.07, 6.45) is 1.79. The molecule has 2 atom stereocenters. The van der Waals surface area contributed by atoms with Gasteiger partial charge in [0.25, 0.3) is 0 Å². The lowest BCUT2D eigenvalue weighted by Crippen LogP contribution is -2.35. The van der Waals surface area contributed by atoms with Crippen LogP contribution < -0.4 is 11.1 Å². The van der Waals surface area contributed by atoms with Crippen molar-refractivity contribution in [3.05, 3.63) is 36.7 Å². The van der Waals surface area contributed by atoms with Gasteiger partial charge in [0.05, 0.1) is 18.0 Å². The van der Waals surface area contributed by atoms with Gasteiger partial charge in [-0.05, 0) is 6.92 Å². The van der Waals surface area contributed by atoms with Crippen molar-refractivity contribution in [3.8, 4) is 6.07 Å². The average Bonchev–Trinajstić information content (AvgIpc) is 2.44. The summed E-state index contributed by atoms with van der Waals surface area (Å²) >= 11 is 0. The number of pyridine rings is 1. The molecule has 102 valence electrons. The highest BCUT2D eigenvalue weighted by Crippen LogP contribution is 2.22. The fourth-order valence-electron chi connectivity index (χ4n) is 1.90. The van der Waals surface area contributed by atoms with Gasteiger partial charge in [0.1, 0.15) is 6.10 Å². The van der Waals surface area contributed by atoms with Crippen molar-refractivity contribution < 1.29 is 9.53 Å².